The summed E-state index contributed by atoms with van der Waals surface area (Å²) in [6.45, 7) is 0.357. The van der Waals surface area contributed by atoms with Crippen LogP contribution in [0.5, 0.6) is 17.2 Å². The number of carbonyl (C=O) groups excluding carboxylic acids is 1. The third kappa shape index (κ3) is 4.14. The van der Waals surface area contributed by atoms with Crippen molar-refractivity contribution < 1.29 is 14.6 Å². The number of carbonyl (C=O) groups is 1. The minimum Gasteiger partial charge on any atom is -0.508 e. The summed E-state index contributed by atoms with van der Waals surface area (Å²) >= 11 is 0. The Morgan fingerprint density at radius 1 is 0.875 bits per heavy atom. The Hall–Kier alpha value is -3.27. The standard InChI is InChI=1S/C20H17NO3/c22-17-6-4-5-15(13-17)14-21-20(23)16-9-11-19(12-10-16)24-18-7-2-1-3-8-18/h1-13,22H,14H2,(H,21,23). The monoisotopic (exact) mass is 319 g/mol. The average Bonchev–Trinajstić information content (AvgIpc) is 2.61. The maximum absolute atomic E-state index is 12.2. The predicted molar refractivity (Wildman–Crippen MR) is 92.2 cm³/mol. The summed E-state index contributed by atoms with van der Waals surface area (Å²) in [6.07, 6.45) is 0. The molecule has 0 radical (unpaired) electrons. The fourth-order valence-electron chi connectivity index (χ4n) is 2.25. The third-order valence-electron chi connectivity index (χ3n) is 3.46. The van der Waals surface area contributed by atoms with E-state index in [1.54, 1.807) is 42.5 Å². The largest absolute Gasteiger partial charge is 0.508 e. The molecule has 4 heteroatoms. The maximum atomic E-state index is 12.2. The summed E-state index contributed by atoms with van der Waals surface area (Å²) in [5.41, 5.74) is 1.39. The Bertz CT molecular complexity index is 814. The molecule has 3 aromatic rings. The summed E-state index contributed by atoms with van der Waals surface area (Å²) in [4.78, 5) is 12.2. The zero-order valence-corrected chi connectivity index (χ0v) is 13.0. The van der Waals surface area contributed by atoms with Crippen LogP contribution in [0.3, 0.4) is 0 Å². The predicted octanol–water partition coefficient (Wildman–Crippen LogP) is 4.11. The Balaban J connectivity index is 1.59. The molecule has 0 unspecified atom stereocenters. The number of amides is 1. The van der Waals surface area contributed by atoms with Gasteiger partial charge in [0.25, 0.3) is 5.91 Å². The van der Waals surface area contributed by atoms with Gasteiger partial charge in [-0.3, -0.25) is 4.79 Å². The second kappa shape index (κ2) is 7.33. The summed E-state index contributed by atoms with van der Waals surface area (Å²) in [5, 5.41) is 12.2. The lowest BCUT2D eigenvalue weighted by molar-refractivity contribution is 0.0951. The lowest BCUT2D eigenvalue weighted by Gasteiger charge is -2.08. The normalized spacial score (nSPS) is 10.2. The second-order valence-electron chi connectivity index (χ2n) is 5.29. The van der Waals surface area contributed by atoms with E-state index in [1.165, 1.54) is 0 Å². The molecule has 24 heavy (non-hydrogen) atoms. The molecule has 0 atom stereocenters. The first-order valence-electron chi connectivity index (χ1n) is 7.60. The van der Waals surface area contributed by atoms with E-state index in [4.69, 9.17) is 4.74 Å². The topological polar surface area (TPSA) is 58.6 Å². The van der Waals surface area contributed by atoms with Gasteiger partial charge in [0.15, 0.2) is 0 Å². The number of hydrogen-bond donors (Lipinski definition) is 2. The van der Waals surface area contributed by atoms with E-state index in [-0.39, 0.29) is 11.7 Å². The van der Waals surface area contributed by atoms with Crippen molar-refractivity contribution in [2.45, 2.75) is 6.54 Å². The van der Waals surface area contributed by atoms with Gasteiger partial charge in [-0.1, -0.05) is 30.3 Å². The van der Waals surface area contributed by atoms with Crippen LogP contribution in [0.1, 0.15) is 15.9 Å². The molecule has 0 aliphatic rings. The Kier molecular flexibility index (Phi) is 4.77. The molecule has 3 rings (SSSR count). The van der Waals surface area contributed by atoms with Crippen molar-refractivity contribution in [2.24, 2.45) is 0 Å². The number of phenols is 1. The molecule has 0 spiro atoms. The molecule has 0 heterocycles. The molecular formula is C20H17NO3. The van der Waals surface area contributed by atoms with Crippen LogP contribution in [0.25, 0.3) is 0 Å². The Morgan fingerprint density at radius 3 is 2.29 bits per heavy atom. The fraction of sp³-hybridized carbons (Fsp3) is 0.0500. The van der Waals surface area contributed by atoms with Crippen LogP contribution >= 0.6 is 0 Å². The summed E-state index contributed by atoms with van der Waals surface area (Å²) in [7, 11) is 0. The minimum atomic E-state index is -0.176. The molecule has 0 saturated carbocycles. The highest BCUT2D eigenvalue weighted by molar-refractivity contribution is 5.94. The number of rotatable bonds is 5. The van der Waals surface area contributed by atoms with Crippen molar-refractivity contribution >= 4 is 5.91 Å². The van der Waals surface area contributed by atoms with E-state index >= 15 is 0 Å². The van der Waals surface area contributed by atoms with E-state index < -0.39 is 0 Å². The molecule has 0 fully saturated rings. The van der Waals surface area contributed by atoms with Crippen molar-refractivity contribution in [2.75, 3.05) is 0 Å². The first-order chi connectivity index (χ1) is 11.7. The van der Waals surface area contributed by atoms with Crippen molar-refractivity contribution in [3.05, 3.63) is 90.0 Å². The molecule has 0 aromatic heterocycles. The molecule has 120 valence electrons. The SMILES string of the molecule is O=C(NCc1cccc(O)c1)c1ccc(Oc2ccccc2)cc1. The van der Waals surface area contributed by atoms with Crippen molar-refractivity contribution in [3.8, 4) is 17.2 Å². The zero-order valence-electron chi connectivity index (χ0n) is 13.0. The molecule has 1 amide bonds. The lowest BCUT2D eigenvalue weighted by Crippen LogP contribution is -2.22. The summed E-state index contributed by atoms with van der Waals surface area (Å²) < 4.78 is 5.70. The molecular weight excluding hydrogens is 302 g/mol. The second-order valence-corrected chi connectivity index (χ2v) is 5.29. The van der Waals surface area contributed by atoms with Gasteiger partial charge in [-0.05, 0) is 54.1 Å². The molecule has 0 bridgehead atoms. The van der Waals surface area contributed by atoms with Gasteiger partial charge >= 0.3 is 0 Å². The summed E-state index contributed by atoms with van der Waals surface area (Å²) in [6, 6.07) is 23.2. The number of ether oxygens (including phenoxy) is 1. The first kappa shape index (κ1) is 15.6. The number of aromatic hydroxyl groups is 1. The van der Waals surface area contributed by atoms with Gasteiger partial charge in [0.1, 0.15) is 17.2 Å². The van der Waals surface area contributed by atoms with Crippen LogP contribution in [-0.4, -0.2) is 11.0 Å². The number of benzene rings is 3. The van der Waals surface area contributed by atoms with E-state index in [1.807, 2.05) is 36.4 Å². The van der Waals surface area contributed by atoms with Gasteiger partial charge in [-0.15, -0.1) is 0 Å². The van der Waals surface area contributed by atoms with Crippen LogP contribution in [0.2, 0.25) is 0 Å². The average molecular weight is 319 g/mol. The smallest absolute Gasteiger partial charge is 0.251 e. The van der Waals surface area contributed by atoms with Gasteiger partial charge < -0.3 is 15.2 Å². The number of hydrogen-bond acceptors (Lipinski definition) is 3. The van der Waals surface area contributed by atoms with E-state index in [9.17, 15) is 9.90 Å². The number of para-hydroxylation sites is 1. The van der Waals surface area contributed by atoms with E-state index in [0.29, 0.717) is 17.9 Å². The first-order valence-corrected chi connectivity index (χ1v) is 7.60. The van der Waals surface area contributed by atoms with Gasteiger partial charge in [0.2, 0.25) is 0 Å². The zero-order chi connectivity index (χ0) is 16.8. The van der Waals surface area contributed by atoms with E-state index in [2.05, 4.69) is 5.32 Å². The van der Waals surface area contributed by atoms with Gasteiger partial charge in [-0.25, -0.2) is 0 Å². The lowest BCUT2D eigenvalue weighted by atomic mass is 10.2. The highest BCUT2D eigenvalue weighted by Gasteiger charge is 2.06. The third-order valence-corrected chi connectivity index (χ3v) is 3.46. The van der Waals surface area contributed by atoms with Crippen molar-refractivity contribution in [3.63, 3.8) is 0 Å². The molecule has 0 aliphatic carbocycles. The Morgan fingerprint density at radius 2 is 1.58 bits per heavy atom. The van der Waals surface area contributed by atoms with Crippen LogP contribution in [0.4, 0.5) is 0 Å². The van der Waals surface area contributed by atoms with Crippen LogP contribution in [0.15, 0.2) is 78.9 Å². The van der Waals surface area contributed by atoms with Gasteiger partial charge in [0.05, 0.1) is 0 Å². The molecule has 3 aromatic carbocycles. The van der Waals surface area contributed by atoms with Gasteiger partial charge in [-0.2, -0.15) is 0 Å². The van der Waals surface area contributed by atoms with Crippen molar-refractivity contribution in [1.82, 2.24) is 5.32 Å². The minimum absolute atomic E-state index is 0.176. The fourth-order valence-corrected chi connectivity index (χ4v) is 2.25. The maximum Gasteiger partial charge on any atom is 0.251 e. The molecule has 4 nitrogen and oxygen atoms in total. The van der Waals surface area contributed by atoms with Crippen LogP contribution < -0.4 is 10.1 Å². The quantitative estimate of drug-likeness (QED) is 0.744. The van der Waals surface area contributed by atoms with Crippen LogP contribution in [0, 0.1) is 0 Å². The van der Waals surface area contributed by atoms with E-state index in [0.717, 1.165) is 11.3 Å². The molecule has 0 saturated heterocycles. The highest BCUT2D eigenvalue weighted by atomic mass is 16.5. The number of phenolic OH excluding ortho intramolecular Hbond substituents is 1. The van der Waals surface area contributed by atoms with Gasteiger partial charge in [0, 0.05) is 12.1 Å². The molecule has 0 aliphatic heterocycles. The molecule has 2 N–H and O–H groups in total. The number of nitrogens with one attached hydrogen (secondary N) is 1. The van der Waals surface area contributed by atoms with Crippen molar-refractivity contribution in [1.29, 1.82) is 0 Å². The van der Waals surface area contributed by atoms with Crippen LogP contribution in [-0.2, 0) is 6.54 Å². The Labute approximate surface area is 140 Å². The summed E-state index contributed by atoms with van der Waals surface area (Å²) in [5.74, 6) is 1.43. The highest BCUT2D eigenvalue weighted by Crippen LogP contribution is 2.21.